The van der Waals surface area contributed by atoms with E-state index in [1.807, 2.05) is 0 Å². The average Bonchev–Trinajstić information content (AvgIpc) is 3.72. The normalized spacial score (nSPS) is 11.8. The molecular weight excluding hydrogens is 595 g/mol. The van der Waals surface area contributed by atoms with Gasteiger partial charge in [-0.3, -0.25) is 0 Å². The largest absolute Gasteiger partial charge is 0.456 e. The highest BCUT2D eigenvalue weighted by Crippen LogP contribution is 2.37. The lowest BCUT2D eigenvalue weighted by Crippen LogP contribution is -1.93. The SMILES string of the molecule is c1ccc2c(c1)ccc1oc3c(Cc4ccc(-c5ccc(-c6ccc(-n7c8ccccc8c8ccccc87)cc6)cc5)cc4)cccc3c12. The molecule has 230 valence electrons. The van der Waals surface area contributed by atoms with Gasteiger partial charge in [-0.05, 0) is 74.5 Å². The lowest BCUT2D eigenvalue weighted by atomic mass is 9.97. The molecule has 0 saturated heterocycles. The van der Waals surface area contributed by atoms with Gasteiger partial charge in [0.1, 0.15) is 11.2 Å². The molecule has 10 rings (SSSR count). The van der Waals surface area contributed by atoms with Crippen molar-refractivity contribution in [3.05, 3.63) is 187 Å². The zero-order valence-electron chi connectivity index (χ0n) is 26.8. The molecule has 0 saturated carbocycles. The second-order valence-corrected chi connectivity index (χ2v) is 12.9. The first-order valence-electron chi connectivity index (χ1n) is 16.9. The van der Waals surface area contributed by atoms with Crippen LogP contribution in [0.5, 0.6) is 0 Å². The molecule has 0 aliphatic carbocycles. The Morgan fingerprint density at radius 3 is 1.59 bits per heavy atom. The Labute approximate surface area is 284 Å². The summed E-state index contributed by atoms with van der Waals surface area (Å²) >= 11 is 0. The maximum absolute atomic E-state index is 6.46. The first-order valence-corrected chi connectivity index (χ1v) is 16.9. The summed E-state index contributed by atoms with van der Waals surface area (Å²) in [6, 6.07) is 63.4. The van der Waals surface area contributed by atoms with Crippen LogP contribution >= 0.6 is 0 Å². The molecule has 49 heavy (non-hydrogen) atoms. The number of para-hydroxylation sites is 3. The Kier molecular flexibility index (Phi) is 6.28. The third kappa shape index (κ3) is 4.57. The molecule has 0 fully saturated rings. The zero-order chi connectivity index (χ0) is 32.3. The van der Waals surface area contributed by atoms with Crippen LogP contribution in [0.4, 0.5) is 0 Å². The lowest BCUT2D eigenvalue weighted by Gasteiger charge is -2.10. The van der Waals surface area contributed by atoms with Crippen molar-refractivity contribution in [2.75, 3.05) is 0 Å². The molecule has 0 spiro atoms. The Hall–Kier alpha value is -6.38. The third-order valence-electron chi connectivity index (χ3n) is 10.1. The van der Waals surface area contributed by atoms with E-state index in [0.717, 1.165) is 17.6 Å². The van der Waals surface area contributed by atoms with Crippen molar-refractivity contribution in [1.82, 2.24) is 4.57 Å². The maximum Gasteiger partial charge on any atom is 0.138 e. The minimum atomic E-state index is 0.818. The molecule has 0 amide bonds. The molecule has 10 aromatic rings. The van der Waals surface area contributed by atoms with E-state index in [0.29, 0.717) is 0 Å². The highest BCUT2D eigenvalue weighted by molar-refractivity contribution is 6.19. The topological polar surface area (TPSA) is 18.1 Å². The summed E-state index contributed by atoms with van der Waals surface area (Å²) in [5, 5.41) is 7.42. The van der Waals surface area contributed by atoms with Crippen LogP contribution in [0.2, 0.25) is 0 Å². The summed E-state index contributed by atoms with van der Waals surface area (Å²) < 4.78 is 8.82. The summed E-state index contributed by atoms with van der Waals surface area (Å²) in [4.78, 5) is 0. The van der Waals surface area contributed by atoms with E-state index in [4.69, 9.17) is 4.42 Å². The number of furan rings is 1. The fourth-order valence-electron chi connectivity index (χ4n) is 7.66. The van der Waals surface area contributed by atoms with Crippen LogP contribution in [-0.2, 0) is 6.42 Å². The van der Waals surface area contributed by atoms with Crippen molar-refractivity contribution in [2.24, 2.45) is 0 Å². The Bertz CT molecular complexity index is 2760. The van der Waals surface area contributed by atoms with Crippen LogP contribution in [0, 0.1) is 0 Å². The summed E-state index contributed by atoms with van der Waals surface area (Å²) in [5.74, 6) is 0. The van der Waals surface area contributed by atoms with Gasteiger partial charge in [0.2, 0.25) is 0 Å². The van der Waals surface area contributed by atoms with Gasteiger partial charge >= 0.3 is 0 Å². The summed E-state index contributed by atoms with van der Waals surface area (Å²) in [6.07, 6.45) is 0.818. The van der Waals surface area contributed by atoms with E-state index in [1.54, 1.807) is 0 Å². The Balaban J connectivity index is 0.903. The van der Waals surface area contributed by atoms with E-state index in [2.05, 4.69) is 180 Å². The van der Waals surface area contributed by atoms with Crippen molar-refractivity contribution < 1.29 is 4.42 Å². The first kappa shape index (κ1) is 27.7. The van der Waals surface area contributed by atoms with Crippen LogP contribution in [0.1, 0.15) is 11.1 Å². The van der Waals surface area contributed by atoms with E-state index in [-0.39, 0.29) is 0 Å². The summed E-state index contributed by atoms with van der Waals surface area (Å²) in [5.41, 5.74) is 12.9. The minimum Gasteiger partial charge on any atom is -0.456 e. The second-order valence-electron chi connectivity index (χ2n) is 12.9. The smallest absolute Gasteiger partial charge is 0.138 e. The summed E-state index contributed by atoms with van der Waals surface area (Å²) in [7, 11) is 0. The molecule has 2 aromatic heterocycles. The molecule has 0 unspecified atom stereocenters. The van der Waals surface area contributed by atoms with Crippen molar-refractivity contribution in [2.45, 2.75) is 6.42 Å². The monoisotopic (exact) mass is 625 g/mol. The Morgan fingerprint density at radius 2 is 0.939 bits per heavy atom. The maximum atomic E-state index is 6.46. The molecule has 2 heteroatoms. The van der Waals surface area contributed by atoms with E-state index in [9.17, 15) is 0 Å². The molecule has 0 atom stereocenters. The highest BCUT2D eigenvalue weighted by Gasteiger charge is 2.14. The van der Waals surface area contributed by atoms with Crippen LogP contribution in [-0.4, -0.2) is 4.57 Å². The van der Waals surface area contributed by atoms with Crippen LogP contribution in [0.15, 0.2) is 180 Å². The van der Waals surface area contributed by atoms with Gasteiger partial charge in [0.25, 0.3) is 0 Å². The number of benzene rings is 8. The van der Waals surface area contributed by atoms with Gasteiger partial charge < -0.3 is 8.98 Å². The summed E-state index contributed by atoms with van der Waals surface area (Å²) in [6.45, 7) is 0. The second kappa shape index (κ2) is 11.1. The third-order valence-corrected chi connectivity index (χ3v) is 10.1. The minimum absolute atomic E-state index is 0.818. The molecule has 0 radical (unpaired) electrons. The van der Waals surface area contributed by atoms with Gasteiger partial charge in [0.15, 0.2) is 0 Å². The molecule has 8 aromatic carbocycles. The van der Waals surface area contributed by atoms with Crippen LogP contribution in [0.25, 0.3) is 82.5 Å². The van der Waals surface area contributed by atoms with Crippen molar-refractivity contribution in [1.29, 1.82) is 0 Å². The first-order chi connectivity index (χ1) is 24.3. The number of hydrogen-bond acceptors (Lipinski definition) is 1. The molecule has 2 nitrogen and oxygen atoms in total. The molecule has 0 aliphatic rings. The predicted octanol–water partition coefficient (Wildman–Crippen LogP) is 12.8. The van der Waals surface area contributed by atoms with Gasteiger partial charge in [-0.2, -0.15) is 0 Å². The van der Waals surface area contributed by atoms with Gasteiger partial charge in [-0.1, -0.05) is 146 Å². The number of nitrogens with zero attached hydrogens (tertiary/aromatic N) is 1. The highest BCUT2D eigenvalue weighted by atomic mass is 16.3. The van der Waals surface area contributed by atoms with Crippen molar-refractivity contribution in [3.63, 3.8) is 0 Å². The zero-order valence-corrected chi connectivity index (χ0v) is 26.8. The quantitative estimate of drug-likeness (QED) is 0.186. The fraction of sp³-hybridized carbons (Fsp3) is 0.0213. The standard InChI is InChI=1S/C47H31NO/c1-2-10-39-36(8-1)26-29-45-46(39)42-13-7-9-37(47(42)49-45)30-31-16-18-32(19-17-31)33-20-22-34(23-21-33)35-24-27-38(28-25-35)48-43-14-5-3-11-40(43)41-12-4-6-15-44(41)48/h1-29H,30H2. The lowest BCUT2D eigenvalue weighted by molar-refractivity contribution is 0.664. The van der Waals surface area contributed by atoms with Crippen molar-refractivity contribution in [3.8, 4) is 27.9 Å². The molecule has 0 N–H and O–H groups in total. The molecular formula is C47H31NO. The number of aromatic nitrogens is 1. The van der Waals surface area contributed by atoms with Gasteiger partial charge in [0, 0.05) is 33.7 Å². The number of hydrogen-bond donors (Lipinski definition) is 0. The van der Waals surface area contributed by atoms with Crippen LogP contribution in [0.3, 0.4) is 0 Å². The van der Waals surface area contributed by atoms with E-state index in [1.165, 1.54) is 82.4 Å². The molecule has 0 bridgehead atoms. The number of fused-ring (bicyclic) bond motifs is 8. The number of rotatable bonds is 5. The van der Waals surface area contributed by atoms with Gasteiger partial charge in [-0.25, -0.2) is 0 Å². The van der Waals surface area contributed by atoms with E-state index >= 15 is 0 Å². The average molecular weight is 626 g/mol. The molecule has 2 heterocycles. The molecule has 0 aliphatic heterocycles. The van der Waals surface area contributed by atoms with Gasteiger partial charge in [0.05, 0.1) is 11.0 Å². The van der Waals surface area contributed by atoms with Crippen molar-refractivity contribution >= 4 is 54.5 Å². The predicted molar refractivity (Wildman–Crippen MR) is 206 cm³/mol. The Morgan fingerprint density at radius 1 is 0.408 bits per heavy atom. The fourth-order valence-corrected chi connectivity index (χ4v) is 7.66. The van der Waals surface area contributed by atoms with Crippen LogP contribution < -0.4 is 0 Å². The van der Waals surface area contributed by atoms with Gasteiger partial charge in [-0.15, -0.1) is 0 Å². The van der Waals surface area contributed by atoms with E-state index < -0.39 is 0 Å².